The highest BCUT2D eigenvalue weighted by atomic mass is 35.5. The molecule has 1 heterocycles. The maximum atomic E-state index is 12.4. The van der Waals surface area contributed by atoms with Gasteiger partial charge in [-0.25, -0.2) is 0 Å². The minimum atomic E-state index is -0.311. The van der Waals surface area contributed by atoms with Crippen molar-refractivity contribution in [3.05, 3.63) is 34.9 Å². The van der Waals surface area contributed by atoms with Gasteiger partial charge in [0.2, 0.25) is 5.91 Å². The Hall–Kier alpha value is -1.02. The zero-order valence-electron chi connectivity index (χ0n) is 11.2. The molecule has 3 heteroatoms. The quantitative estimate of drug-likeness (QED) is 0.750. The van der Waals surface area contributed by atoms with Crippen molar-refractivity contribution in [2.45, 2.75) is 39.7 Å². The zero-order chi connectivity index (χ0) is 13.3. The number of nitrogens with zero attached hydrogens (tertiary/aromatic N) is 1. The van der Waals surface area contributed by atoms with E-state index in [1.54, 1.807) is 0 Å². The lowest BCUT2D eigenvalue weighted by Crippen LogP contribution is -2.38. The molecule has 0 saturated carbocycles. The average molecular weight is 266 g/mol. The first-order valence-electron chi connectivity index (χ1n) is 6.46. The van der Waals surface area contributed by atoms with E-state index in [-0.39, 0.29) is 17.4 Å². The summed E-state index contributed by atoms with van der Waals surface area (Å²) in [4.78, 5) is 14.4. The molecule has 1 aromatic rings. The van der Waals surface area contributed by atoms with Crippen molar-refractivity contribution >= 4 is 17.5 Å². The van der Waals surface area contributed by atoms with Crippen LogP contribution in [0.4, 0.5) is 0 Å². The van der Waals surface area contributed by atoms with Gasteiger partial charge in [0.15, 0.2) is 0 Å². The van der Waals surface area contributed by atoms with Crippen LogP contribution < -0.4 is 0 Å². The Balaban J connectivity index is 2.22. The van der Waals surface area contributed by atoms with Gasteiger partial charge in [0, 0.05) is 17.0 Å². The van der Waals surface area contributed by atoms with E-state index in [9.17, 15) is 4.79 Å². The number of carbonyl (C=O) groups excluding carboxylic acids is 1. The molecule has 1 aliphatic heterocycles. The summed E-state index contributed by atoms with van der Waals surface area (Å²) in [5, 5.41) is 0.741. The molecule has 1 fully saturated rings. The fourth-order valence-electron chi connectivity index (χ4n) is 2.47. The molecule has 1 atom stereocenters. The van der Waals surface area contributed by atoms with Crippen molar-refractivity contribution < 1.29 is 4.79 Å². The second-order valence-electron chi connectivity index (χ2n) is 5.96. The molecule has 2 nitrogen and oxygen atoms in total. The summed E-state index contributed by atoms with van der Waals surface area (Å²) in [6.45, 7) is 6.80. The van der Waals surface area contributed by atoms with E-state index in [4.69, 9.17) is 11.6 Å². The smallest absolute Gasteiger partial charge is 0.228 e. The van der Waals surface area contributed by atoms with Gasteiger partial charge in [-0.2, -0.15) is 0 Å². The van der Waals surface area contributed by atoms with Crippen LogP contribution in [0.1, 0.15) is 45.2 Å². The molecule has 2 rings (SSSR count). The Morgan fingerprint density at radius 2 is 1.89 bits per heavy atom. The van der Waals surface area contributed by atoms with Crippen molar-refractivity contribution in [1.29, 1.82) is 0 Å². The molecule has 0 spiro atoms. The van der Waals surface area contributed by atoms with Gasteiger partial charge < -0.3 is 4.90 Å². The fraction of sp³-hybridized carbons (Fsp3) is 0.533. The summed E-state index contributed by atoms with van der Waals surface area (Å²) >= 11 is 5.91. The van der Waals surface area contributed by atoms with Crippen LogP contribution in [0.2, 0.25) is 5.02 Å². The molecule has 0 aromatic heterocycles. The SMILES string of the molecule is CC(C)(C)C(=O)N1CCC[C@@H]1c1ccc(Cl)cc1. The first-order chi connectivity index (χ1) is 8.39. The third-order valence-electron chi connectivity index (χ3n) is 3.41. The van der Waals surface area contributed by atoms with Crippen molar-refractivity contribution in [1.82, 2.24) is 4.90 Å². The number of benzene rings is 1. The lowest BCUT2D eigenvalue weighted by atomic mass is 9.93. The lowest BCUT2D eigenvalue weighted by Gasteiger charge is -2.31. The highest BCUT2D eigenvalue weighted by Gasteiger charge is 2.35. The summed E-state index contributed by atoms with van der Waals surface area (Å²) in [6.07, 6.45) is 2.12. The molecule has 0 unspecified atom stereocenters. The van der Waals surface area contributed by atoms with Crippen LogP contribution in [0.15, 0.2) is 24.3 Å². The van der Waals surface area contributed by atoms with Crippen LogP contribution in [-0.4, -0.2) is 17.4 Å². The number of likely N-dealkylation sites (tertiary alicyclic amines) is 1. The van der Waals surface area contributed by atoms with Crippen LogP contribution in [0.5, 0.6) is 0 Å². The van der Waals surface area contributed by atoms with Gasteiger partial charge in [-0.05, 0) is 30.5 Å². The van der Waals surface area contributed by atoms with Gasteiger partial charge >= 0.3 is 0 Å². The third kappa shape index (κ3) is 2.69. The Labute approximate surface area is 114 Å². The second kappa shape index (κ2) is 4.93. The number of hydrogen-bond acceptors (Lipinski definition) is 1. The van der Waals surface area contributed by atoms with Crippen LogP contribution in [0.3, 0.4) is 0 Å². The highest BCUT2D eigenvalue weighted by Crippen LogP contribution is 2.35. The molecular weight excluding hydrogens is 246 g/mol. The maximum absolute atomic E-state index is 12.4. The van der Waals surface area contributed by atoms with Crippen molar-refractivity contribution in [3.63, 3.8) is 0 Å². The Bertz CT molecular complexity index is 433. The first-order valence-corrected chi connectivity index (χ1v) is 6.84. The van der Waals surface area contributed by atoms with Gasteiger partial charge in [-0.1, -0.05) is 44.5 Å². The Morgan fingerprint density at radius 3 is 2.44 bits per heavy atom. The first kappa shape index (κ1) is 13.4. The third-order valence-corrected chi connectivity index (χ3v) is 3.66. The van der Waals surface area contributed by atoms with Gasteiger partial charge in [0.05, 0.1) is 6.04 Å². The molecule has 0 N–H and O–H groups in total. The van der Waals surface area contributed by atoms with E-state index >= 15 is 0 Å². The largest absolute Gasteiger partial charge is 0.335 e. The van der Waals surface area contributed by atoms with E-state index in [2.05, 4.69) is 0 Å². The molecule has 18 heavy (non-hydrogen) atoms. The van der Waals surface area contributed by atoms with E-state index in [1.807, 2.05) is 49.9 Å². The van der Waals surface area contributed by atoms with Crippen LogP contribution >= 0.6 is 11.6 Å². The van der Waals surface area contributed by atoms with Gasteiger partial charge in [0.1, 0.15) is 0 Å². The molecular formula is C15H20ClNO. The van der Waals surface area contributed by atoms with E-state index in [1.165, 1.54) is 5.56 Å². The monoisotopic (exact) mass is 265 g/mol. The van der Waals surface area contributed by atoms with Crippen LogP contribution in [0, 0.1) is 5.41 Å². The van der Waals surface area contributed by atoms with Crippen LogP contribution in [0.25, 0.3) is 0 Å². The Morgan fingerprint density at radius 1 is 1.28 bits per heavy atom. The Kier molecular flexibility index (Phi) is 3.67. The molecule has 1 aliphatic rings. The van der Waals surface area contributed by atoms with E-state index in [0.717, 1.165) is 24.4 Å². The fourth-order valence-corrected chi connectivity index (χ4v) is 2.60. The lowest BCUT2D eigenvalue weighted by molar-refractivity contribution is -0.140. The average Bonchev–Trinajstić information content (AvgIpc) is 2.76. The van der Waals surface area contributed by atoms with Gasteiger partial charge in [0.25, 0.3) is 0 Å². The number of hydrogen-bond donors (Lipinski definition) is 0. The number of halogens is 1. The standard InChI is InChI=1S/C15H20ClNO/c1-15(2,3)14(18)17-10-4-5-13(17)11-6-8-12(16)9-7-11/h6-9,13H,4-5,10H2,1-3H3/t13-/m1/s1. The zero-order valence-corrected chi connectivity index (χ0v) is 12.0. The van der Waals surface area contributed by atoms with Crippen LogP contribution in [-0.2, 0) is 4.79 Å². The summed E-state index contributed by atoms with van der Waals surface area (Å²) in [5.41, 5.74) is 0.879. The summed E-state index contributed by atoms with van der Waals surface area (Å²) in [6, 6.07) is 8.07. The normalized spacial score (nSPS) is 20.2. The molecule has 0 aliphatic carbocycles. The van der Waals surface area contributed by atoms with E-state index < -0.39 is 0 Å². The van der Waals surface area contributed by atoms with Crippen molar-refractivity contribution in [2.24, 2.45) is 5.41 Å². The van der Waals surface area contributed by atoms with Crippen molar-refractivity contribution in [2.75, 3.05) is 6.54 Å². The summed E-state index contributed by atoms with van der Waals surface area (Å²) < 4.78 is 0. The maximum Gasteiger partial charge on any atom is 0.228 e. The molecule has 0 bridgehead atoms. The highest BCUT2D eigenvalue weighted by molar-refractivity contribution is 6.30. The minimum absolute atomic E-state index is 0.217. The summed E-state index contributed by atoms with van der Waals surface area (Å²) in [5.74, 6) is 0.236. The summed E-state index contributed by atoms with van der Waals surface area (Å²) in [7, 11) is 0. The predicted octanol–water partition coefficient (Wildman–Crippen LogP) is 4.05. The number of carbonyl (C=O) groups is 1. The van der Waals surface area contributed by atoms with E-state index in [0.29, 0.717) is 0 Å². The van der Waals surface area contributed by atoms with Crippen molar-refractivity contribution in [3.8, 4) is 0 Å². The number of amides is 1. The predicted molar refractivity (Wildman–Crippen MR) is 74.6 cm³/mol. The minimum Gasteiger partial charge on any atom is -0.335 e. The topological polar surface area (TPSA) is 20.3 Å². The second-order valence-corrected chi connectivity index (χ2v) is 6.39. The van der Waals surface area contributed by atoms with Gasteiger partial charge in [-0.3, -0.25) is 4.79 Å². The molecule has 1 amide bonds. The van der Waals surface area contributed by atoms with Gasteiger partial charge in [-0.15, -0.1) is 0 Å². The molecule has 1 aromatic carbocycles. The molecule has 1 saturated heterocycles. The molecule has 98 valence electrons. The number of rotatable bonds is 1. The molecule has 0 radical (unpaired) electrons.